The van der Waals surface area contributed by atoms with E-state index in [1.807, 2.05) is 6.07 Å². The molecule has 7 nitrogen and oxygen atoms in total. The third-order valence-electron chi connectivity index (χ3n) is 5.96. The maximum atomic E-state index is 12.6. The maximum Gasteiger partial charge on any atom is 0.258 e. The molecular weight excluding hydrogens is 358 g/mol. The summed E-state index contributed by atoms with van der Waals surface area (Å²) in [5.74, 6) is 0.183. The van der Waals surface area contributed by atoms with Crippen LogP contribution in [0.2, 0.25) is 0 Å². The predicted molar refractivity (Wildman–Crippen MR) is 103 cm³/mol. The number of carbonyl (C=O) groups excluding carboxylic acids is 3. The molecule has 1 aromatic rings. The molecule has 1 atom stereocenters. The molecule has 4 rings (SSSR count). The van der Waals surface area contributed by atoms with Crippen molar-refractivity contribution < 1.29 is 19.1 Å². The number of fused-ring (bicyclic) bond motifs is 1. The smallest absolute Gasteiger partial charge is 0.258 e. The maximum absolute atomic E-state index is 12.6. The molecule has 1 saturated heterocycles. The van der Waals surface area contributed by atoms with E-state index >= 15 is 0 Å². The van der Waals surface area contributed by atoms with Crippen molar-refractivity contribution in [3.63, 3.8) is 0 Å². The fraction of sp³-hybridized carbons (Fsp3) is 0.571. The molecule has 2 aliphatic heterocycles. The van der Waals surface area contributed by atoms with Crippen LogP contribution in [0.15, 0.2) is 24.3 Å². The van der Waals surface area contributed by atoms with Crippen LogP contribution in [0.4, 0.5) is 0 Å². The molecule has 1 spiro atoms. The van der Waals surface area contributed by atoms with Crippen molar-refractivity contribution in [3.8, 4) is 5.75 Å². The fourth-order valence-corrected chi connectivity index (χ4v) is 4.37. The van der Waals surface area contributed by atoms with Crippen molar-refractivity contribution in [3.05, 3.63) is 29.8 Å². The first-order chi connectivity index (χ1) is 13.5. The molecule has 1 aliphatic carbocycles. The number of hydrogen-bond donors (Lipinski definition) is 2. The van der Waals surface area contributed by atoms with E-state index in [1.54, 1.807) is 23.1 Å². The molecule has 2 heterocycles. The molecule has 7 heteroatoms. The van der Waals surface area contributed by atoms with Gasteiger partial charge in [0.05, 0.1) is 12.1 Å². The number of amides is 3. The summed E-state index contributed by atoms with van der Waals surface area (Å²) < 4.78 is 6.12. The highest BCUT2D eigenvalue weighted by Gasteiger charge is 2.42. The number of ether oxygens (including phenoxy) is 1. The Kier molecular flexibility index (Phi) is 5.24. The van der Waals surface area contributed by atoms with Crippen molar-refractivity contribution in [2.75, 3.05) is 13.1 Å². The Bertz CT molecular complexity index is 775. The third kappa shape index (κ3) is 3.98. The molecule has 1 unspecified atom stereocenters. The van der Waals surface area contributed by atoms with E-state index in [0.717, 1.165) is 25.7 Å². The standard InChI is InChI=1S/C21H27N3O4/c25-18(22-15-6-2-1-3-7-15)14-24-13-12-21(11-10-19(24)26)23-20(27)16-8-4-5-9-17(16)28-21/h4-5,8-9,15H,1-3,6-7,10-14H2,(H,22,25)(H,23,27). The molecule has 28 heavy (non-hydrogen) atoms. The lowest BCUT2D eigenvalue weighted by molar-refractivity contribution is -0.135. The first-order valence-corrected chi connectivity index (χ1v) is 10.2. The second kappa shape index (κ2) is 7.81. The number of rotatable bonds is 3. The number of benzene rings is 1. The Morgan fingerprint density at radius 2 is 1.96 bits per heavy atom. The minimum atomic E-state index is -0.893. The number of hydrogen-bond acceptors (Lipinski definition) is 4. The molecule has 1 saturated carbocycles. The van der Waals surface area contributed by atoms with Gasteiger partial charge in [-0.2, -0.15) is 0 Å². The Morgan fingerprint density at radius 1 is 1.18 bits per heavy atom. The van der Waals surface area contributed by atoms with Crippen LogP contribution >= 0.6 is 0 Å². The van der Waals surface area contributed by atoms with Gasteiger partial charge in [0.1, 0.15) is 5.75 Å². The summed E-state index contributed by atoms with van der Waals surface area (Å²) in [6.07, 6.45) is 6.64. The normalized spacial score (nSPS) is 25.5. The first kappa shape index (κ1) is 18.8. The number of likely N-dealkylation sites (tertiary alicyclic amines) is 1. The summed E-state index contributed by atoms with van der Waals surface area (Å²) in [5.41, 5.74) is -0.386. The van der Waals surface area contributed by atoms with Crippen LogP contribution in [0.3, 0.4) is 0 Å². The van der Waals surface area contributed by atoms with E-state index in [9.17, 15) is 14.4 Å². The molecule has 0 bridgehead atoms. The number of nitrogens with zero attached hydrogens (tertiary/aromatic N) is 1. The lowest BCUT2D eigenvalue weighted by atomic mass is 9.95. The number of nitrogens with one attached hydrogen (secondary N) is 2. The van der Waals surface area contributed by atoms with Crippen LogP contribution in [0.25, 0.3) is 0 Å². The van der Waals surface area contributed by atoms with Crippen molar-refractivity contribution >= 4 is 17.7 Å². The van der Waals surface area contributed by atoms with Gasteiger partial charge < -0.3 is 20.3 Å². The quantitative estimate of drug-likeness (QED) is 0.833. The predicted octanol–water partition coefficient (Wildman–Crippen LogP) is 1.97. The van der Waals surface area contributed by atoms with Crippen LogP contribution in [0, 0.1) is 0 Å². The van der Waals surface area contributed by atoms with E-state index in [1.165, 1.54) is 6.42 Å². The largest absolute Gasteiger partial charge is 0.467 e. The number of carbonyl (C=O) groups is 3. The van der Waals surface area contributed by atoms with Gasteiger partial charge in [-0.15, -0.1) is 0 Å². The van der Waals surface area contributed by atoms with E-state index in [2.05, 4.69) is 10.6 Å². The topological polar surface area (TPSA) is 87.7 Å². The molecule has 2 N–H and O–H groups in total. The van der Waals surface area contributed by atoms with Gasteiger partial charge >= 0.3 is 0 Å². The zero-order chi connectivity index (χ0) is 19.6. The van der Waals surface area contributed by atoms with Crippen molar-refractivity contribution in [1.29, 1.82) is 0 Å². The summed E-state index contributed by atoms with van der Waals surface area (Å²) in [5, 5.41) is 6.01. The van der Waals surface area contributed by atoms with Gasteiger partial charge in [0.2, 0.25) is 11.8 Å². The average molecular weight is 385 g/mol. The summed E-state index contributed by atoms with van der Waals surface area (Å²) >= 11 is 0. The molecule has 150 valence electrons. The Morgan fingerprint density at radius 3 is 2.79 bits per heavy atom. The zero-order valence-corrected chi connectivity index (χ0v) is 16.0. The van der Waals surface area contributed by atoms with Gasteiger partial charge in [-0.1, -0.05) is 31.4 Å². The molecule has 3 amide bonds. The minimum absolute atomic E-state index is 0.0654. The van der Waals surface area contributed by atoms with Gasteiger partial charge in [0, 0.05) is 31.8 Å². The van der Waals surface area contributed by atoms with Gasteiger partial charge in [-0.3, -0.25) is 14.4 Å². The third-order valence-corrected chi connectivity index (χ3v) is 5.96. The molecule has 1 aromatic carbocycles. The highest BCUT2D eigenvalue weighted by molar-refractivity contribution is 5.98. The van der Waals surface area contributed by atoms with E-state index < -0.39 is 5.72 Å². The van der Waals surface area contributed by atoms with Crippen molar-refractivity contribution in [2.24, 2.45) is 0 Å². The van der Waals surface area contributed by atoms with Crippen LogP contribution in [-0.2, 0) is 9.59 Å². The zero-order valence-electron chi connectivity index (χ0n) is 16.0. The first-order valence-electron chi connectivity index (χ1n) is 10.2. The molecule has 0 radical (unpaired) electrons. The van der Waals surface area contributed by atoms with E-state index in [-0.39, 0.29) is 36.7 Å². The van der Waals surface area contributed by atoms with Crippen LogP contribution < -0.4 is 15.4 Å². The van der Waals surface area contributed by atoms with Crippen molar-refractivity contribution in [2.45, 2.75) is 63.1 Å². The SMILES string of the molecule is O=C(CN1CCC2(CCC1=O)NC(=O)c1ccccc1O2)NC1CCCCC1. The van der Waals surface area contributed by atoms with Gasteiger partial charge in [-0.05, 0) is 25.0 Å². The second-order valence-corrected chi connectivity index (χ2v) is 8.01. The van der Waals surface area contributed by atoms with Gasteiger partial charge in [0.15, 0.2) is 5.72 Å². The Labute approximate surface area is 164 Å². The fourth-order valence-electron chi connectivity index (χ4n) is 4.37. The highest BCUT2D eigenvalue weighted by atomic mass is 16.5. The summed E-state index contributed by atoms with van der Waals surface area (Å²) in [6.45, 7) is 0.440. The lowest BCUT2D eigenvalue weighted by Gasteiger charge is -2.38. The summed E-state index contributed by atoms with van der Waals surface area (Å²) in [4.78, 5) is 39.1. The minimum Gasteiger partial charge on any atom is -0.467 e. The monoisotopic (exact) mass is 385 g/mol. The summed E-state index contributed by atoms with van der Waals surface area (Å²) in [6, 6.07) is 7.35. The Balaban J connectivity index is 1.39. The molecule has 2 fully saturated rings. The number of para-hydroxylation sites is 1. The molecular formula is C21H27N3O4. The van der Waals surface area contributed by atoms with Crippen molar-refractivity contribution in [1.82, 2.24) is 15.5 Å². The van der Waals surface area contributed by atoms with E-state index in [0.29, 0.717) is 30.7 Å². The van der Waals surface area contributed by atoms with E-state index in [4.69, 9.17) is 4.74 Å². The summed E-state index contributed by atoms with van der Waals surface area (Å²) in [7, 11) is 0. The van der Waals surface area contributed by atoms with Crippen LogP contribution in [0.5, 0.6) is 5.75 Å². The van der Waals surface area contributed by atoms with Crippen LogP contribution in [-0.4, -0.2) is 47.5 Å². The average Bonchev–Trinajstić information content (AvgIpc) is 2.83. The lowest BCUT2D eigenvalue weighted by Crippen LogP contribution is -2.56. The van der Waals surface area contributed by atoms with Crippen LogP contribution in [0.1, 0.15) is 61.7 Å². The molecule has 0 aromatic heterocycles. The highest BCUT2D eigenvalue weighted by Crippen LogP contribution is 2.33. The van der Waals surface area contributed by atoms with Gasteiger partial charge in [0.25, 0.3) is 5.91 Å². The van der Waals surface area contributed by atoms with Gasteiger partial charge in [-0.25, -0.2) is 0 Å². The second-order valence-electron chi connectivity index (χ2n) is 8.01. The molecule has 3 aliphatic rings. The Hall–Kier alpha value is -2.57.